The van der Waals surface area contributed by atoms with Crippen molar-refractivity contribution < 1.29 is 22.3 Å². The first-order valence-electron chi connectivity index (χ1n) is 10.6. The van der Waals surface area contributed by atoms with Crippen molar-refractivity contribution in [3.8, 4) is 16.9 Å². The van der Waals surface area contributed by atoms with Crippen LogP contribution in [-0.2, 0) is 16.6 Å². The van der Waals surface area contributed by atoms with Gasteiger partial charge in [0, 0.05) is 30.8 Å². The summed E-state index contributed by atoms with van der Waals surface area (Å²) < 4.78 is 49.4. The second-order valence-electron chi connectivity index (χ2n) is 7.87. The van der Waals surface area contributed by atoms with Crippen LogP contribution in [0.3, 0.4) is 0 Å². The highest BCUT2D eigenvalue weighted by Gasteiger charge is 2.30. The third-order valence-electron chi connectivity index (χ3n) is 5.41. The van der Waals surface area contributed by atoms with E-state index in [1.807, 2.05) is 0 Å². The number of methoxy groups -OCH3 is 1. The van der Waals surface area contributed by atoms with Crippen LogP contribution < -0.4 is 20.5 Å². The molecule has 4 rings (SSSR count). The molecule has 1 aliphatic rings. The summed E-state index contributed by atoms with van der Waals surface area (Å²) in [6, 6.07) is 7.76. The molecule has 1 fully saturated rings. The second-order valence-corrected chi connectivity index (χ2v) is 9.55. The van der Waals surface area contributed by atoms with Crippen LogP contribution in [0.15, 0.2) is 47.1 Å². The van der Waals surface area contributed by atoms with Crippen LogP contribution >= 0.6 is 0 Å². The number of hydrogen-bond acceptors (Lipinski definition) is 7. The van der Waals surface area contributed by atoms with Crippen LogP contribution in [0, 0.1) is 0 Å². The van der Waals surface area contributed by atoms with Gasteiger partial charge in [-0.1, -0.05) is 11.3 Å². The van der Waals surface area contributed by atoms with Crippen molar-refractivity contribution in [1.82, 2.24) is 25.0 Å². The molecular weight excluding hydrogens is 463 g/mol. The van der Waals surface area contributed by atoms with E-state index >= 15 is 0 Å². The molecule has 4 N–H and O–H groups in total. The van der Waals surface area contributed by atoms with E-state index in [9.17, 15) is 17.6 Å². The van der Waals surface area contributed by atoms with E-state index in [1.165, 1.54) is 31.0 Å². The molecule has 0 atom stereocenters. The fourth-order valence-corrected chi connectivity index (χ4v) is 5.05. The molecule has 0 bridgehead atoms. The Bertz CT molecular complexity index is 1380. The zero-order valence-electron chi connectivity index (χ0n) is 18.7. The minimum absolute atomic E-state index is 0.0257. The number of allylic oxidation sites excluding steroid dienone is 1. The van der Waals surface area contributed by atoms with Gasteiger partial charge in [0.25, 0.3) is 5.91 Å². The summed E-state index contributed by atoms with van der Waals surface area (Å²) in [5, 5.41) is 10.8. The van der Waals surface area contributed by atoms with Gasteiger partial charge in [-0.15, -0.1) is 5.10 Å². The van der Waals surface area contributed by atoms with Gasteiger partial charge in [-0.05, 0) is 48.7 Å². The van der Waals surface area contributed by atoms with Crippen molar-refractivity contribution in [3.05, 3.63) is 47.8 Å². The Hall–Kier alpha value is -3.35. The Morgan fingerprint density at radius 3 is 2.74 bits per heavy atom. The largest absolute Gasteiger partial charge is 0.495 e. The molecule has 3 aromatic rings. The molecule has 1 heterocycles. The molecule has 34 heavy (non-hydrogen) atoms. The number of carbonyl (C=O) groups excluding carboxylic acids is 1. The Kier molecular flexibility index (Phi) is 6.64. The van der Waals surface area contributed by atoms with Crippen molar-refractivity contribution in [3.63, 3.8) is 0 Å². The van der Waals surface area contributed by atoms with Gasteiger partial charge in [-0.25, -0.2) is 22.2 Å². The maximum atomic E-state index is 14.1. The van der Waals surface area contributed by atoms with Crippen LogP contribution in [0.5, 0.6) is 5.75 Å². The molecule has 0 unspecified atom stereocenters. The van der Waals surface area contributed by atoms with Crippen LogP contribution in [0.2, 0.25) is 0 Å². The average Bonchev–Trinajstić information content (AvgIpc) is 3.54. The summed E-state index contributed by atoms with van der Waals surface area (Å²) >= 11 is 0. The van der Waals surface area contributed by atoms with Crippen LogP contribution in [0.4, 0.5) is 4.39 Å². The number of sulfonamides is 1. The Balaban J connectivity index is 1.89. The maximum Gasteiger partial charge on any atom is 0.251 e. The van der Waals surface area contributed by atoms with Crippen molar-refractivity contribution in [2.75, 3.05) is 20.7 Å². The van der Waals surface area contributed by atoms with Gasteiger partial charge < -0.3 is 15.8 Å². The number of halogens is 1. The number of hydrogen-bond donors (Lipinski definition) is 3. The number of nitrogens with two attached hydrogens (primary N) is 1. The molecule has 2 aromatic carbocycles. The highest BCUT2D eigenvalue weighted by molar-refractivity contribution is 7.89. The van der Waals surface area contributed by atoms with E-state index < -0.39 is 15.9 Å². The van der Waals surface area contributed by atoms with Crippen LogP contribution in [0.25, 0.3) is 22.2 Å². The quantitative estimate of drug-likeness (QED) is 0.416. The second kappa shape index (κ2) is 9.49. The maximum absolute atomic E-state index is 14.1. The third kappa shape index (κ3) is 4.79. The monoisotopic (exact) mass is 488 g/mol. The number of nitrogens with zero attached hydrogens (tertiary/aromatic N) is 3. The van der Waals surface area contributed by atoms with E-state index in [2.05, 4.69) is 20.4 Å². The number of benzene rings is 2. The number of carbonyl (C=O) groups is 1. The molecule has 0 radical (unpaired) electrons. The van der Waals surface area contributed by atoms with Gasteiger partial charge in [0.1, 0.15) is 22.0 Å². The summed E-state index contributed by atoms with van der Waals surface area (Å²) in [4.78, 5) is 12.4. The highest BCUT2D eigenvalue weighted by atomic mass is 32.2. The SMILES string of the molecule is CNC(=O)c1cc(-c2ccc(OC)c(S(=O)(=O)NC3CC3)c2)c2nnn(C/C(F)=C/CN)c2c1. The Morgan fingerprint density at radius 2 is 2.09 bits per heavy atom. The van der Waals surface area contributed by atoms with E-state index in [1.54, 1.807) is 24.3 Å². The highest BCUT2D eigenvalue weighted by Crippen LogP contribution is 2.35. The summed E-state index contributed by atoms with van der Waals surface area (Å²) in [7, 11) is -0.950. The van der Waals surface area contributed by atoms with Gasteiger partial charge in [0.05, 0.1) is 19.2 Å². The van der Waals surface area contributed by atoms with Crippen molar-refractivity contribution >= 4 is 27.0 Å². The standard InChI is InChI=1S/C22H25FN6O4S/c1-25-22(30)14-9-17(21-18(10-14)29(28-26-21)12-15(23)7-8-24)13-3-6-19(33-2)20(11-13)34(31,32)27-16-4-5-16/h3,6-7,9-11,16,27H,4-5,8,12,24H2,1-2H3,(H,25,30)/b15-7-. The predicted molar refractivity (Wildman–Crippen MR) is 124 cm³/mol. The Morgan fingerprint density at radius 1 is 1.32 bits per heavy atom. The number of amides is 1. The van der Waals surface area contributed by atoms with E-state index in [-0.39, 0.29) is 41.2 Å². The van der Waals surface area contributed by atoms with Crippen molar-refractivity contribution in [2.24, 2.45) is 5.73 Å². The lowest BCUT2D eigenvalue weighted by atomic mass is 10.0. The molecular formula is C22H25FN6O4S. The average molecular weight is 489 g/mol. The van der Waals surface area contributed by atoms with Gasteiger partial charge in [0.2, 0.25) is 10.0 Å². The molecule has 1 saturated carbocycles. The van der Waals surface area contributed by atoms with Crippen LogP contribution in [0.1, 0.15) is 23.2 Å². The summed E-state index contributed by atoms with van der Waals surface area (Å²) in [6.45, 7) is -0.177. The van der Waals surface area contributed by atoms with E-state index in [0.29, 0.717) is 22.2 Å². The minimum Gasteiger partial charge on any atom is -0.495 e. The first-order valence-corrected chi connectivity index (χ1v) is 12.1. The molecule has 0 spiro atoms. The first-order chi connectivity index (χ1) is 16.3. The molecule has 1 aliphatic carbocycles. The van der Waals surface area contributed by atoms with Gasteiger partial charge >= 0.3 is 0 Å². The molecule has 12 heteroatoms. The fraction of sp³-hybridized carbons (Fsp3) is 0.318. The van der Waals surface area contributed by atoms with E-state index in [0.717, 1.165) is 12.8 Å². The fourth-order valence-electron chi connectivity index (χ4n) is 3.55. The molecule has 10 nitrogen and oxygen atoms in total. The lowest BCUT2D eigenvalue weighted by Crippen LogP contribution is -2.26. The molecule has 180 valence electrons. The zero-order valence-corrected chi connectivity index (χ0v) is 19.5. The topological polar surface area (TPSA) is 141 Å². The minimum atomic E-state index is -3.84. The summed E-state index contributed by atoms with van der Waals surface area (Å²) in [6.07, 6.45) is 2.80. The normalized spacial score (nSPS) is 14.4. The van der Waals surface area contributed by atoms with E-state index in [4.69, 9.17) is 10.5 Å². The third-order valence-corrected chi connectivity index (χ3v) is 6.95. The molecule has 0 aliphatic heterocycles. The smallest absolute Gasteiger partial charge is 0.251 e. The number of nitrogens with one attached hydrogen (secondary N) is 2. The number of rotatable bonds is 9. The van der Waals surface area contributed by atoms with Gasteiger partial charge in [-0.2, -0.15) is 0 Å². The molecule has 1 aromatic heterocycles. The van der Waals surface area contributed by atoms with Crippen molar-refractivity contribution in [1.29, 1.82) is 0 Å². The lowest BCUT2D eigenvalue weighted by Gasteiger charge is -2.13. The van der Waals surface area contributed by atoms with Crippen LogP contribution in [-0.4, -0.2) is 56.1 Å². The van der Waals surface area contributed by atoms with Gasteiger partial charge in [-0.3, -0.25) is 4.79 Å². The number of ether oxygens (including phenoxy) is 1. The zero-order chi connectivity index (χ0) is 24.5. The summed E-state index contributed by atoms with van der Waals surface area (Å²) in [5.41, 5.74) is 7.41. The predicted octanol–water partition coefficient (Wildman–Crippen LogP) is 1.72. The molecule has 0 saturated heterocycles. The number of aromatic nitrogens is 3. The lowest BCUT2D eigenvalue weighted by molar-refractivity contribution is 0.0963. The first kappa shape index (κ1) is 23.8. The summed E-state index contributed by atoms with van der Waals surface area (Å²) in [5.74, 6) is -0.677. The van der Waals surface area contributed by atoms with Crippen molar-refractivity contribution in [2.45, 2.75) is 30.3 Å². The molecule has 1 amide bonds. The van der Waals surface area contributed by atoms with Gasteiger partial charge in [0.15, 0.2) is 0 Å². The Labute approximate surface area is 196 Å². The number of fused-ring (bicyclic) bond motifs is 1.